The van der Waals surface area contributed by atoms with E-state index in [4.69, 9.17) is 10.2 Å². The first-order valence-electron chi connectivity index (χ1n) is 9.54. The number of hydrogen-bond donors (Lipinski definition) is 2. The van der Waals surface area contributed by atoms with E-state index >= 15 is 0 Å². The van der Waals surface area contributed by atoms with Crippen LogP contribution < -0.4 is 16.0 Å². The summed E-state index contributed by atoms with van der Waals surface area (Å²) in [5.74, 6) is -0.0233. The van der Waals surface area contributed by atoms with Crippen LogP contribution in [0, 0.1) is 0 Å². The molecule has 0 aliphatic carbocycles. The van der Waals surface area contributed by atoms with E-state index in [0.29, 0.717) is 6.54 Å². The van der Waals surface area contributed by atoms with Crippen molar-refractivity contribution >= 4 is 22.6 Å². The van der Waals surface area contributed by atoms with Gasteiger partial charge >= 0.3 is 0 Å². The lowest BCUT2D eigenvalue weighted by Gasteiger charge is -2.33. The lowest BCUT2D eigenvalue weighted by atomic mass is 10.0. The van der Waals surface area contributed by atoms with Crippen LogP contribution in [0.25, 0.3) is 11.0 Å². The first kappa shape index (κ1) is 17.6. The highest BCUT2D eigenvalue weighted by Crippen LogP contribution is 2.24. The molecule has 0 saturated carbocycles. The van der Waals surface area contributed by atoms with Crippen molar-refractivity contribution in [2.75, 3.05) is 24.5 Å². The summed E-state index contributed by atoms with van der Waals surface area (Å²) >= 11 is 0. The number of nitrogens with two attached hydrogens (primary N) is 1. The maximum Gasteiger partial charge on any atom is 0.253 e. The zero-order valence-corrected chi connectivity index (χ0v) is 15.4. The third-order valence-electron chi connectivity index (χ3n) is 5.25. The van der Waals surface area contributed by atoms with E-state index in [2.05, 4.69) is 16.3 Å². The highest BCUT2D eigenvalue weighted by Gasteiger charge is 2.20. The summed E-state index contributed by atoms with van der Waals surface area (Å²) in [5, 5.41) is 4.15. The third kappa shape index (κ3) is 3.98. The molecule has 5 heteroatoms. The van der Waals surface area contributed by atoms with Gasteiger partial charge in [-0.05, 0) is 55.2 Å². The first-order valence-corrected chi connectivity index (χ1v) is 9.54. The summed E-state index contributed by atoms with van der Waals surface area (Å²) in [6.07, 6.45) is 4.41. The molecule has 1 saturated heterocycles. The Morgan fingerprint density at radius 2 is 1.96 bits per heavy atom. The maximum absolute atomic E-state index is 12.8. The van der Waals surface area contributed by atoms with Gasteiger partial charge in [0.05, 0.1) is 11.8 Å². The van der Waals surface area contributed by atoms with E-state index in [1.54, 1.807) is 6.26 Å². The van der Waals surface area contributed by atoms with Crippen LogP contribution in [0.2, 0.25) is 0 Å². The van der Waals surface area contributed by atoms with Gasteiger partial charge in [-0.1, -0.05) is 18.2 Å². The molecule has 3 N–H and O–H groups in total. The molecule has 2 heterocycles. The van der Waals surface area contributed by atoms with Gasteiger partial charge in [-0.3, -0.25) is 4.79 Å². The molecule has 0 unspecified atom stereocenters. The second-order valence-corrected chi connectivity index (χ2v) is 7.14. The number of rotatable bonds is 5. The van der Waals surface area contributed by atoms with Gasteiger partial charge in [0.15, 0.2) is 0 Å². The Morgan fingerprint density at radius 3 is 2.81 bits per heavy atom. The number of nitrogens with one attached hydrogen (secondary N) is 1. The Bertz CT molecular complexity index is 926. The topological polar surface area (TPSA) is 71.5 Å². The van der Waals surface area contributed by atoms with E-state index in [1.807, 2.05) is 42.5 Å². The predicted octanol–water partition coefficient (Wildman–Crippen LogP) is 3.33. The quantitative estimate of drug-likeness (QED) is 0.729. The Morgan fingerprint density at radius 1 is 1.15 bits per heavy atom. The van der Waals surface area contributed by atoms with E-state index < -0.39 is 0 Å². The molecule has 1 aliphatic heterocycles. The van der Waals surface area contributed by atoms with E-state index in [1.165, 1.54) is 5.56 Å². The van der Waals surface area contributed by atoms with Crippen molar-refractivity contribution in [1.82, 2.24) is 5.32 Å². The normalized spacial score (nSPS) is 15.2. The molecular formula is C22H25N3O2. The standard InChI is InChI=1S/C22H25N3O2/c23-18-8-12-25(13-9-18)20-4-2-1-3-19(20)22(26)24-11-7-16-5-6-21-17(15-16)10-14-27-21/h1-6,10,14-15,18H,7-9,11-13,23H2,(H,24,26). The maximum atomic E-state index is 12.8. The van der Waals surface area contributed by atoms with Crippen molar-refractivity contribution in [2.24, 2.45) is 5.73 Å². The molecule has 1 amide bonds. The second-order valence-electron chi connectivity index (χ2n) is 7.14. The summed E-state index contributed by atoms with van der Waals surface area (Å²) < 4.78 is 5.37. The molecule has 1 aliphatic rings. The largest absolute Gasteiger partial charge is 0.464 e. The fourth-order valence-electron chi connectivity index (χ4n) is 3.67. The van der Waals surface area contributed by atoms with Gasteiger partial charge in [-0.25, -0.2) is 0 Å². The van der Waals surface area contributed by atoms with Gasteiger partial charge in [0.1, 0.15) is 5.58 Å². The fourth-order valence-corrected chi connectivity index (χ4v) is 3.67. The van der Waals surface area contributed by atoms with Crippen molar-refractivity contribution in [1.29, 1.82) is 0 Å². The zero-order chi connectivity index (χ0) is 18.6. The van der Waals surface area contributed by atoms with Crippen molar-refractivity contribution in [3.8, 4) is 0 Å². The minimum absolute atomic E-state index is 0.0233. The highest BCUT2D eigenvalue weighted by molar-refractivity contribution is 5.99. The molecule has 0 bridgehead atoms. The van der Waals surface area contributed by atoms with Crippen molar-refractivity contribution < 1.29 is 9.21 Å². The highest BCUT2D eigenvalue weighted by atomic mass is 16.3. The van der Waals surface area contributed by atoms with Gasteiger partial charge in [0, 0.05) is 36.7 Å². The van der Waals surface area contributed by atoms with Crippen LogP contribution in [-0.4, -0.2) is 31.6 Å². The summed E-state index contributed by atoms with van der Waals surface area (Å²) in [6.45, 7) is 2.40. The molecule has 140 valence electrons. The Kier molecular flexibility index (Phi) is 5.12. The van der Waals surface area contributed by atoms with Crippen LogP contribution in [0.5, 0.6) is 0 Å². The van der Waals surface area contributed by atoms with Crippen LogP contribution >= 0.6 is 0 Å². The van der Waals surface area contributed by atoms with Crippen molar-refractivity contribution in [2.45, 2.75) is 25.3 Å². The van der Waals surface area contributed by atoms with Crippen LogP contribution in [0.15, 0.2) is 59.2 Å². The smallest absolute Gasteiger partial charge is 0.253 e. The SMILES string of the molecule is NC1CCN(c2ccccc2C(=O)NCCc2ccc3occc3c2)CC1. The molecule has 3 aromatic rings. The average molecular weight is 363 g/mol. The van der Waals surface area contributed by atoms with Gasteiger partial charge in [-0.2, -0.15) is 0 Å². The van der Waals surface area contributed by atoms with E-state index in [-0.39, 0.29) is 11.9 Å². The number of carbonyl (C=O) groups excluding carboxylic acids is 1. The average Bonchev–Trinajstić information content (AvgIpc) is 3.16. The third-order valence-corrected chi connectivity index (χ3v) is 5.25. The van der Waals surface area contributed by atoms with E-state index in [0.717, 1.165) is 54.6 Å². The van der Waals surface area contributed by atoms with Crippen LogP contribution in [0.1, 0.15) is 28.8 Å². The first-order chi connectivity index (χ1) is 13.2. The molecule has 0 radical (unpaired) electrons. The molecule has 1 aromatic heterocycles. The van der Waals surface area contributed by atoms with Crippen molar-refractivity contribution in [3.63, 3.8) is 0 Å². The summed E-state index contributed by atoms with van der Waals surface area (Å²) in [6, 6.07) is 16.2. The molecule has 4 rings (SSSR count). The predicted molar refractivity (Wildman–Crippen MR) is 108 cm³/mol. The second kappa shape index (κ2) is 7.84. The minimum atomic E-state index is -0.0233. The summed E-state index contributed by atoms with van der Waals surface area (Å²) in [5.41, 5.74) is 9.82. The molecule has 1 fully saturated rings. The molecule has 27 heavy (non-hydrogen) atoms. The number of anilines is 1. The summed E-state index contributed by atoms with van der Waals surface area (Å²) in [7, 11) is 0. The van der Waals surface area contributed by atoms with Gasteiger partial charge in [0.25, 0.3) is 5.91 Å². The monoisotopic (exact) mass is 363 g/mol. The van der Waals surface area contributed by atoms with Gasteiger partial charge in [0.2, 0.25) is 0 Å². The Labute approximate surface area is 159 Å². The number of piperidine rings is 1. The molecule has 0 atom stereocenters. The zero-order valence-electron chi connectivity index (χ0n) is 15.4. The number of carbonyl (C=O) groups is 1. The molecule has 2 aromatic carbocycles. The number of para-hydroxylation sites is 1. The summed E-state index contributed by atoms with van der Waals surface area (Å²) in [4.78, 5) is 15.0. The Balaban J connectivity index is 1.39. The fraction of sp³-hybridized carbons (Fsp3) is 0.318. The van der Waals surface area contributed by atoms with Gasteiger partial charge < -0.3 is 20.4 Å². The van der Waals surface area contributed by atoms with Gasteiger partial charge in [-0.15, -0.1) is 0 Å². The number of furan rings is 1. The molecule has 0 spiro atoms. The van der Waals surface area contributed by atoms with Crippen LogP contribution in [-0.2, 0) is 6.42 Å². The lowest BCUT2D eigenvalue weighted by molar-refractivity contribution is 0.0954. The molecule has 5 nitrogen and oxygen atoms in total. The Hall–Kier alpha value is -2.79. The number of amides is 1. The van der Waals surface area contributed by atoms with E-state index in [9.17, 15) is 4.79 Å². The lowest BCUT2D eigenvalue weighted by Crippen LogP contribution is -2.40. The van der Waals surface area contributed by atoms with Crippen molar-refractivity contribution in [3.05, 3.63) is 65.9 Å². The van der Waals surface area contributed by atoms with Crippen LogP contribution in [0.4, 0.5) is 5.69 Å². The number of nitrogens with zero attached hydrogens (tertiary/aromatic N) is 1. The number of fused-ring (bicyclic) bond motifs is 1. The number of benzene rings is 2. The minimum Gasteiger partial charge on any atom is -0.464 e. The molecular weight excluding hydrogens is 338 g/mol. The number of hydrogen-bond acceptors (Lipinski definition) is 4. The van der Waals surface area contributed by atoms with Crippen LogP contribution in [0.3, 0.4) is 0 Å².